The van der Waals surface area contributed by atoms with Gasteiger partial charge >= 0.3 is 6.01 Å². The lowest BCUT2D eigenvalue weighted by Crippen LogP contribution is -2.03. The van der Waals surface area contributed by atoms with Crippen molar-refractivity contribution < 1.29 is 9.13 Å². The summed E-state index contributed by atoms with van der Waals surface area (Å²) < 4.78 is 20.7. The molecule has 0 aliphatic heterocycles. The quantitative estimate of drug-likeness (QED) is 0.707. The van der Waals surface area contributed by atoms with E-state index in [9.17, 15) is 4.39 Å². The van der Waals surface area contributed by atoms with Crippen LogP contribution in [-0.4, -0.2) is 24.5 Å². The zero-order valence-corrected chi connectivity index (χ0v) is 12.6. The average molecular weight is 371 g/mol. The van der Waals surface area contributed by atoms with Crippen molar-refractivity contribution in [2.24, 2.45) is 0 Å². The summed E-state index contributed by atoms with van der Waals surface area (Å²) in [5.74, 6) is 0.0390. The predicted molar refractivity (Wildman–Crippen MR) is 76.1 cm³/mol. The fourth-order valence-electron chi connectivity index (χ4n) is 1.51. The molecule has 21 heavy (non-hydrogen) atoms. The molecule has 0 N–H and O–H groups in total. The summed E-state index contributed by atoms with van der Waals surface area (Å²) in [6.07, 6.45) is 4.73. The Morgan fingerprint density at radius 2 is 2.10 bits per heavy atom. The van der Waals surface area contributed by atoms with Crippen LogP contribution < -0.4 is 4.74 Å². The van der Waals surface area contributed by atoms with E-state index in [2.05, 4.69) is 35.9 Å². The van der Waals surface area contributed by atoms with Gasteiger partial charge in [0, 0.05) is 18.5 Å². The maximum absolute atomic E-state index is 13.4. The number of aromatic nitrogens is 5. The largest absolute Gasteiger partial charge is 0.424 e. The third-order valence-electron chi connectivity index (χ3n) is 2.41. The molecule has 0 amide bonds. The molecule has 9 heteroatoms. The summed E-state index contributed by atoms with van der Waals surface area (Å²) in [7, 11) is 0. The molecule has 2 heterocycles. The van der Waals surface area contributed by atoms with E-state index < -0.39 is 5.82 Å². The van der Waals surface area contributed by atoms with Gasteiger partial charge in [-0.05, 0) is 39.7 Å². The lowest BCUT2D eigenvalue weighted by atomic mass is 10.3. The molecule has 2 aromatic heterocycles. The molecular formula is C12H6BrClFN5O. The summed E-state index contributed by atoms with van der Waals surface area (Å²) in [6, 6.07) is 4.26. The number of nitrogens with zero attached hydrogens (tertiary/aromatic N) is 5. The second kappa shape index (κ2) is 5.74. The third kappa shape index (κ3) is 3.17. The molecule has 0 bridgehead atoms. The van der Waals surface area contributed by atoms with E-state index in [0.717, 1.165) is 0 Å². The Labute approximate surface area is 131 Å². The number of halogens is 3. The van der Waals surface area contributed by atoms with E-state index in [1.165, 1.54) is 18.5 Å². The number of hydrogen-bond donors (Lipinski definition) is 0. The molecule has 0 radical (unpaired) electrons. The Balaban J connectivity index is 1.93. The minimum absolute atomic E-state index is 0.0405. The minimum atomic E-state index is -0.456. The van der Waals surface area contributed by atoms with Crippen molar-refractivity contribution in [3.63, 3.8) is 0 Å². The highest BCUT2D eigenvalue weighted by molar-refractivity contribution is 9.10. The van der Waals surface area contributed by atoms with Crippen molar-refractivity contribution in [1.82, 2.24) is 24.5 Å². The molecule has 0 spiro atoms. The van der Waals surface area contributed by atoms with Crippen molar-refractivity contribution in [3.8, 4) is 17.7 Å². The number of benzene rings is 1. The fraction of sp³-hybridized carbons (Fsp3) is 0. The van der Waals surface area contributed by atoms with Gasteiger partial charge in [-0.2, -0.15) is 15.0 Å². The van der Waals surface area contributed by atoms with Gasteiger partial charge in [0.05, 0.1) is 4.47 Å². The van der Waals surface area contributed by atoms with Gasteiger partial charge in [0.2, 0.25) is 11.2 Å². The Bertz CT molecular complexity index is 783. The molecule has 3 rings (SSSR count). The van der Waals surface area contributed by atoms with Gasteiger partial charge in [0.25, 0.3) is 0 Å². The predicted octanol–water partition coefficient (Wildman–Crippen LogP) is 3.40. The number of rotatable bonds is 3. The normalized spacial score (nSPS) is 10.6. The molecule has 3 aromatic rings. The van der Waals surface area contributed by atoms with Crippen LogP contribution in [0.2, 0.25) is 5.28 Å². The smallest absolute Gasteiger partial charge is 0.328 e. The van der Waals surface area contributed by atoms with Crippen LogP contribution in [0.25, 0.3) is 5.95 Å². The van der Waals surface area contributed by atoms with Gasteiger partial charge in [0.1, 0.15) is 17.9 Å². The SMILES string of the molecule is Fc1cc(Oc2nc(Cl)nc(-n3ccnc3)n2)ccc1Br. The molecular weight excluding hydrogens is 365 g/mol. The van der Waals surface area contributed by atoms with E-state index >= 15 is 0 Å². The van der Waals surface area contributed by atoms with E-state index in [4.69, 9.17) is 16.3 Å². The molecule has 0 aliphatic carbocycles. The first kappa shape index (κ1) is 13.9. The van der Waals surface area contributed by atoms with Crippen molar-refractivity contribution >= 4 is 27.5 Å². The molecule has 1 aromatic carbocycles. The van der Waals surface area contributed by atoms with Crippen molar-refractivity contribution in [3.05, 3.63) is 52.5 Å². The summed E-state index contributed by atoms with van der Waals surface area (Å²) >= 11 is 8.89. The average Bonchev–Trinajstić information content (AvgIpc) is 2.96. The molecule has 106 valence electrons. The lowest BCUT2D eigenvalue weighted by Gasteiger charge is -2.06. The molecule has 0 saturated heterocycles. The molecule has 6 nitrogen and oxygen atoms in total. The topological polar surface area (TPSA) is 65.7 Å². The second-order valence-corrected chi connectivity index (χ2v) is 5.03. The monoisotopic (exact) mass is 369 g/mol. The first-order valence-electron chi connectivity index (χ1n) is 5.64. The van der Waals surface area contributed by atoms with Gasteiger partial charge in [-0.1, -0.05) is 0 Å². The van der Waals surface area contributed by atoms with Crippen LogP contribution in [0.15, 0.2) is 41.4 Å². The van der Waals surface area contributed by atoms with Crippen molar-refractivity contribution in [2.45, 2.75) is 0 Å². The zero-order valence-electron chi connectivity index (χ0n) is 10.2. The zero-order chi connectivity index (χ0) is 14.8. The third-order valence-corrected chi connectivity index (χ3v) is 3.22. The number of imidazole rings is 1. The second-order valence-electron chi connectivity index (χ2n) is 3.83. The number of ether oxygens (including phenoxy) is 1. The lowest BCUT2D eigenvalue weighted by molar-refractivity contribution is 0.434. The molecule has 0 fully saturated rings. The highest BCUT2D eigenvalue weighted by Gasteiger charge is 2.10. The van der Waals surface area contributed by atoms with Crippen LogP contribution in [0.3, 0.4) is 0 Å². The molecule has 0 unspecified atom stereocenters. The summed E-state index contributed by atoms with van der Waals surface area (Å²) in [5, 5.41) is -0.0405. The summed E-state index contributed by atoms with van der Waals surface area (Å²) in [4.78, 5) is 15.8. The first-order chi connectivity index (χ1) is 10.1. The van der Waals surface area contributed by atoms with E-state index in [1.54, 1.807) is 23.0 Å². The van der Waals surface area contributed by atoms with E-state index in [0.29, 0.717) is 4.47 Å². The van der Waals surface area contributed by atoms with E-state index in [1.807, 2.05) is 0 Å². The Morgan fingerprint density at radius 1 is 1.24 bits per heavy atom. The van der Waals surface area contributed by atoms with Crippen LogP contribution >= 0.6 is 27.5 Å². The maximum Gasteiger partial charge on any atom is 0.328 e. The highest BCUT2D eigenvalue weighted by Crippen LogP contribution is 2.24. The summed E-state index contributed by atoms with van der Waals surface area (Å²) in [6.45, 7) is 0. The van der Waals surface area contributed by atoms with Gasteiger partial charge in [0.15, 0.2) is 0 Å². The molecule has 0 saturated carbocycles. The van der Waals surface area contributed by atoms with Crippen molar-refractivity contribution in [2.75, 3.05) is 0 Å². The Hall–Kier alpha value is -2.06. The van der Waals surface area contributed by atoms with Crippen LogP contribution in [0.1, 0.15) is 0 Å². The summed E-state index contributed by atoms with van der Waals surface area (Å²) in [5.41, 5.74) is 0. The van der Waals surface area contributed by atoms with Crippen LogP contribution in [0.4, 0.5) is 4.39 Å². The molecule has 0 aliphatic rings. The maximum atomic E-state index is 13.4. The van der Waals surface area contributed by atoms with E-state index in [-0.39, 0.29) is 23.0 Å². The van der Waals surface area contributed by atoms with Crippen molar-refractivity contribution in [1.29, 1.82) is 0 Å². The van der Waals surface area contributed by atoms with Gasteiger partial charge in [-0.15, -0.1) is 0 Å². The van der Waals surface area contributed by atoms with Gasteiger partial charge in [-0.3, -0.25) is 4.57 Å². The Kier molecular flexibility index (Phi) is 3.80. The van der Waals surface area contributed by atoms with Crippen LogP contribution in [0, 0.1) is 5.82 Å². The minimum Gasteiger partial charge on any atom is -0.424 e. The van der Waals surface area contributed by atoms with Crippen LogP contribution in [-0.2, 0) is 0 Å². The molecule has 0 atom stereocenters. The highest BCUT2D eigenvalue weighted by atomic mass is 79.9. The fourth-order valence-corrected chi connectivity index (χ4v) is 1.90. The standard InChI is InChI=1S/C12H6BrClFN5O/c13-8-2-1-7(5-9(8)15)21-12-18-10(14)17-11(19-12)20-4-3-16-6-20/h1-6H. The Morgan fingerprint density at radius 3 is 2.81 bits per heavy atom. The van der Waals surface area contributed by atoms with Gasteiger partial charge in [-0.25, -0.2) is 9.37 Å². The van der Waals surface area contributed by atoms with Crippen LogP contribution in [0.5, 0.6) is 11.8 Å². The first-order valence-corrected chi connectivity index (χ1v) is 6.82. The van der Waals surface area contributed by atoms with Gasteiger partial charge < -0.3 is 4.74 Å². The number of hydrogen-bond acceptors (Lipinski definition) is 5.